The summed E-state index contributed by atoms with van der Waals surface area (Å²) in [5, 5.41) is 14.2. The van der Waals surface area contributed by atoms with Gasteiger partial charge in [0.15, 0.2) is 0 Å². The van der Waals surface area contributed by atoms with Gasteiger partial charge in [-0.3, -0.25) is 20.2 Å². The number of carbonyl (C=O) groups is 2. The van der Waals surface area contributed by atoms with Gasteiger partial charge in [-0.15, -0.1) is 0 Å². The molecular weight excluding hydrogens is 465 g/mol. The summed E-state index contributed by atoms with van der Waals surface area (Å²) in [5.74, 6) is -0.849. The van der Waals surface area contributed by atoms with Gasteiger partial charge in [-0.05, 0) is 47.4 Å². The van der Waals surface area contributed by atoms with E-state index in [0.717, 1.165) is 37.7 Å². The van der Waals surface area contributed by atoms with E-state index >= 15 is 0 Å². The number of hydrogen-bond acceptors (Lipinski definition) is 9. The topological polar surface area (TPSA) is 121 Å². The molecule has 0 aliphatic heterocycles. The van der Waals surface area contributed by atoms with Crippen molar-refractivity contribution in [3.8, 4) is 0 Å². The van der Waals surface area contributed by atoms with Crippen molar-refractivity contribution < 1.29 is 24.0 Å². The Morgan fingerprint density at radius 3 is 2.45 bits per heavy atom. The third-order valence-corrected chi connectivity index (χ3v) is 8.25. The van der Waals surface area contributed by atoms with E-state index in [4.69, 9.17) is 17.3 Å². The number of nitrogens with one attached hydrogen (secondary N) is 1. The fourth-order valence-electron chi connectivity index (χ4n) is 3.30. The molecule has 1 saturated carbocycles. The number of pyridine rings is 1. The predicted molar refractivity (Wildman–Crippen MR) is 128 cm³/mol. The van der Waals surface area contributed by atoms with Gasteiger partial charge in [0.25, 0.3) is 5.69 Å². The maximum absolute atomic E-state index is 12.4. The quantitative estimate of drug-likeness (QED) is 0.212. The van der Waals surface area contributed by atoms with E-state index in [2.05, 4.69) is 10.3 Å². The van der Waals surface area contributed by atoms with E-state index in [1.165, 1.54) is 23.1 Å². The molecule has 1 amide bonds. The molecule has 0 bridgehead atoms. The molecule has 1 N–H and O–H groups in total. The van der Waals surface area contributed by atoms with Crippen LogP contribution in [0.25, 0.3) is 0 Å². The van der Waals surface area contributed by atoms with Crippen LogP contribution in [0.3, 0.4) is 0 Å². The summed E-state index contributed by atoms with van der Waals surface area (Å²) >= 11 is 0. The summed E-state index contributed by atoms with van der Waals surface area (Å²) in [6, 6.07) is 9.84. The van der Waals surface area contributed by atoms with E-state index in [1.807, 2.05) is 0 Å². The highest BCUT2D eigenvalue weighted by atomic mass is 33.1. The zero-order valence-corrected chi connectivity index (χ0v) is 19.4. The summed E-state index contributed by atoms with van der Waals surface area (Å²) < 4.78 is 10.0. The van der Waals surface area contributed by atoms with Gasteiger partial charge in [0.05, 0.1) is 9.67 Å². The molecule has 172 valence electrons. The zero-order valence-electron chi connectivity index (χ0n) is 17.7. The second kappa shape index (κ2) is 11.9. The molecule has 1 aliphatic carbocycles. The van der Waals surface area contributed by atoms with Crippen molar-refractivity contribution in [2.75, 3.05) is 11.9 Å². The molecule has 33 heavy (non-hydrogen) atoms. The van der Waals surface area contributed by atoms with Crippen LogP contribution in [-0.2, 0) is 16.1 Å². The molecule has 3 rings (SSSR count). The first-order chi connectivity index (χ1) is 15.8. The second-order valence-electron chi connectivity index (χ2n) is 7.53. The van der Waals surface area contributed by atoms with Crippen molar-refractivity contribution in [3.63, 3.8) is 0 Å². The van der Waals surface area contributed by atoms with Crippen LogP contribution in [0.1, 0.15) is 37.7 Å². The highest BCUT2D eigenvalue weighted by Gasteiger charge is 2.35. The van der Waals surface area contributed by atoms with Gasteiger partial charge < -0.3 is 9.47 Å². The number of nitrogens with zero attached hydrogens (tertiary/aromatic N) is 2. The lowest BCUT2D eigenvalue weighted by atomic mass is 9.89. The number of nitro groups is 1. The summed E-state index contributed by atoms with van der Waals surface area (Å²) in [5.41, 5.74) is 1.24. The van der Waals surface area contributed by atoms with Crippen LogP contribution in [0.15, 0.2) is 47.6 Å². The fraction of sp³-hybridized carbons (Fsp3) is 0.381. The molecular formula is C21H22BN3O6S2. The molecule has 1 aliphatic rings. The van der Waals surface area contributed by atoms with Crippen molar-refractivity contribution in [1.82, 2.24) is 4.98 Å². The SMILES string of the molecule is [B]C(=O)OCc1ccc(NC(=O)OCC2(SSc3ccc([N+](=O)[O-])cn3)CCCCC2)cc1. The molecule has 0 spiro atoms. The standard InChI is InChI=1S/C21H22BN3O6S2/c22-19(26)30-13-15-4-6-16(7-5-15)24-20(27)31-14-21(10-2-1-3-11-21)33-32-18-9-8-17(12-23-18)25(28)29/h4-9,12H,1-3,10-11,13-14H2,(H,24,27). The Hall–Kier alpha value is -2.73. The van der Waals surface area contributed by atoms with Crippen molar-refractivity contribution in [2.45, 2.75) is 48.5 Å². The number of hydrogen-bond donors (Lipinski definition) is 1. The van der Waals surface area contributed by atoms with Crippen molar-refractivity contribution in [1.29, 1.82) is 0 Å². The first kappa shape index (κ1) is 24.9. The molecule has 0 atom stereocenters. The Bertz CT molecular complexity index is 969. The monoisotopic (exact) mass is 487 g/mol. The van der Waals surface area contributed by atoms with Crippen LogP contribution in [0.5, 0.6) is 0 Å². The molecule has 2 aromatic rings. The van der Waals surface area contributed by atoms with E-state index in [-0.39, 0.29) is 23.6 Å². The Morgan fingerprint density at radius 2 is 1.85 bits per heavy atom. The van der Waals surface area contributed by atoms with Gasteiger partial charge in [-0.1, -0.05) is 42.2 Å². The fourth-order valence-corrected chi connectivity index (χ4v) is 6.07. The molecule has 1 heterocycles. The number of amides is 1. The van der Waals surface area contributed by atoms with Crippen molar-refractivity contribution in [3.05, 3.63) is 58.3 Å². The van der Waals surface area contributed by atoms with Crippen molar-refractivity contribution in [2.24, 2.45) is 0 Å². The second-order valence-corrected chi connectivity index (χ2v) is 10.1. The molecule has 1 fully saturated rings. The Kier molecular flexibility index (Phi) is 9.01. The van der Waals surface area contributed by atoms with Crippen LogP contribution >= 0.6 is 21.6 Å². The van der Waals surface area contributed by atoms with Gasteiger partial charge >= 0.3 is 6.09 Å². The lowest BCUT2D eigenvalue weighted by molar-refractivity contribution is -0.385. The summed E-state index contributed by atoms with van der Waals surface area (Å²) in [6.45, 7) is 0.301. The summed E-state index contributed by atoms with van der Waals surface area (Å²) in [6.07, 6.45) is 5.72. The van der Waals surface area contributed by atoms with E-state index < -0.39 is 16.9 Å². The van der Waals surface area contributed by atoms with Gasteiger partial charge in [-0.25, -0.2) is 9.78 Å². The maximum atomic E-state index is 12.4. The molecule has 2 radical (unpaired) electrons. The molecule has 12 heteroatoms. The van der Waals surface area contributed by atoms with E-state index in [9.17, 15) is 19.7 Å². The minimum Gasteiger partial charge on any atom is -0.470 e. The number of rotatable bonds is 9. The summed E-state index contributed by atoms with van der Waals surface area (Å²) in [7, 11) is 7.98. The number of aromatic nitrogens is 1. The zero-order chi connectivity index (χ0) is 23.7. The van der Waals surface area contributed by atoms with Crippen LogP contribution < -0.4 is 5.32 Å². The largest absolute Gasteiger partial charge is 0.470 e. The molecule has 0 unspecified atom stereocenters. The van der Waals surface area contributed by atoms with Crippen LogP contribution in [0.4, 0.5) is 21.0 Å². The highest BCUT2D eigenvalue weighted by molar-refractivity contribution is 8.77. The lowest BCUT2D eigenvalue weighted by Gasteiger charge is -2.35. The number of ether oxygens (including phenoxy) is 2. The third kappa shape index (κ3) is 7.97. The highest BCUT2D eigenvalue weighted by Crippen LogP contribution is 2.48. The lowest BCUT2D eigenvalue weighted by Crippen LogP contribution is -2.34. The number of anilines is 1. The third-order valence-electron chi connectivity index (χ3n) is 5.05. The average molecular weight is 487 g/mol. The minimum absolute atomic E-state index is 0.0508. The smallest absolute Gasteiger partial charge is 0.411 e. The van der Waals surface area contributed by atoms with E-state index in [0.29, 0.717) is 10.7 Å². The normalized spacial score (nSPS) is 14.8. The number of benzene rings is 1. The van der Waals surface area contributed by atoms with Crippen molar-refractivity contribution >= 4 is 52.8 Å². The summed E-state index contributed by atoms with van der Waals surface area (Å²) in [4.78, 5) is 37.5. The average Bonchev–Trinajstić information content (AvgIpc) is 2.82. The van der Waals surface area contributed by atoms with Gasteiger partial charge in [0, 0.05) is 11.8 Å². The van der Waals surface area contributed by atoms with E-state index in [1.54, 1.807) is 41.1 Å². The minimum atomic E-state index is -0.849. The Balaban J connectivity index is 1.52. The maximum Gasteiger partial charge on any atom is 0.411 e. The van der Waals surface area contributed by atoms with Gasteiger partial charge in [0.1, 0.15) is 24.4 Å². The molecule has 1 aromatic carbocycles. The molecule has 1 aromatic heterocycles. The first-order valence-electron chi connectivity index (χ1n) is 10.3. The van der Waals surface area contributed by atoms with Gasteiger partial charge in [-0.2, -0.15) is 0 Å². The van der Waals surface area contributed by atoms with Crippen LogP contribution in [0, 0.1) is 10.1 Å². The first-order valence-corrected chi connectivity index (χ1v) is 12.4. The number of carbonyl (C=O) groups excluding carboxylic acids is 2. The van der Waals surface area contributed by atoms with Crippen LogP contribution in [0.2, 0.25) is 0 Å². The molecule has 9 nitrogen and oxygen atoms in total. The molecule has 0 saturated heterocycles. The van der Waals surface area contributed by atoms with Gasteiger partial charge in [0.2, 0.25) is 13.7 Å². The predicted octanol–water partition coefficient (Wildman–Crippen LogP) is 5.49. The Morgan fingerprint density at radius 1 is 1.12 bits per heavy atom. The Labute approximate surface area is 200 Å². The van der Waals surface area contributed by atoms with Crippen LogP contribution in [-0.4, -0.2) is 41.1 Å².